The van der Waals surface area contributed by atoms with Crippen LogP contribution in [0.25, 0.3) is 0 Å². The Kier molecular flexibility index (Phi) is 14.7. The van der Waals surface area contributed by atoms with E-state index in [4.69, 9.17) is 5.11 Å². The van der Waals surface area contributed by atoms with Crippen molar-refractivity contribution >= 4 is 5.97 Å². The third kappa shape index (κ3) is 16.7. The molecule has 0 bridgehead atoms. The predicted octanol–water partition coefficient (Wildman–Crippen LogP) is 5.66. The first kappa shape index (κ1) is 18.7. The van der Waals surface area contributed by atoms with Crippen molar-refractivity contribution in [2.24, 2.45) is 0 Å². The van der Waals surface area contributed by atoms with Gasteiger partial charge < -0.3 is 5.11 Å². The molecule has 0 saturated heterocycles. The minimum absolute atomic E-state index is 0.313. The Hall–Kier alpha value is -1.31. The van der Waals surface area contributed by atoms with E-state index in [1.54, 1.807) is 0 Å². The number of carboxylic acids is 1. The van der Waals surface area contributed by atoms with Crippen LogP contribution in [0.3, 0.4) is 0 Å². The smallest absolute Gasteiger partial charge is 0.303 e. The molecule has 0 fully saturated rings. The van der Waals surface area contributed by atoms with Crippen molar-refractivity contribution in [2.45, 2.75) is 71.1 Å². The normalized spacial score (nSPS) is 12.1. The van der Waals surface area contributed by atoms with Gasteiger partial charge in [-0.2, -0.15) is 0 Å². The van der Waals surface area contributed by atoms with Crippen LogP contribution >= 0.6 is 0 Å². The summed E-state index contributed by atoms with van der Waals surface area (Å²) in [5.41, 5.74) is 0. The van der Waals surface area contributed by atoms with E-state index in [1.165, 1.54) is 19.3 Å². The molecule has 0 heterocycles. The average Bonchev–Trinajstić information content (AvgIpc) is 2.43. The summed E-state index contributed by atoms with van der Waals surface area (Å²) in [4.78, 5) is 10.3. The molecule has 0 rings (SSSR count). The molecule has 1 N–H and O–H groups in total. The van der Waals surface area contributed by atoms with Gasteiger partial charge in [0.05, 0.1) is 0 Å². The van der Waals surface area contributed by atoms with Crippen LogP contribution in [0.2, 0.25) is 0 Å². The Morgan fingerprint density at radius 2 is 1.35 bits per heavy atom. The third-order valence-electron chi connectivity index (χ3n) is 3.01. The number of hydrogen-bond donors (Lipinski definition) is 1. The molecule has 20 heavy (non-hydrogen) atoms. The van der Waals surface area contributed by atoms with Crippen molar-refractivity contribution in [1.82, 2.24) is 0 Å². The van der Waals surface area contributed by atoms with E-state index >= 15 is 0 Å². The van der Waals surface area contributed by atoms with Crippen LogP contribution < -0.4 is 0 Å². The summed E-state index contributed by atoms with van der Waals surface area (Å²) in [6.07, 6.45) is 23.3. The summed E-state index contributed by atoms with van der Waals surface area (Å²) < 4.78 is 0. The molecule has 2 nitrogen and oxygen atoms in total. The number of aliphatic carboxylic acids is 1. The first-order chi connectivity index (χ1) is 9.77. The Bertz CT molecular complexity index is 301. The molecule has 0 aromatic carbocycles. The van der Waals surface area contributed by atoms with Crippen molar-refractivity contribution in [3.05, 3.63) is 36.5 Å². The zero-order valence-electron chi connectivity index (χ0n) is 12.9. The summed E-state index contributed by atoms with van der Waals surface area (Å²) >= 11 is 0. The Labute approximate surface area is 124 Å². The lowest BCUT2D eigenvalue weighted by molar-refractivity contribution is -0.137. The highest BCUT2D eigenvalue weighted by molar-refractivity contribution is 5.66. The molecule has 0 atom stereocenters. The molecule has 0 aliphatic carbocycles. The molecule has 0 amide bonds. The van der Waals surface area contributed by atoms with Gasteiger partial charge in [-0.25, -0.2) is 0 Å². The molecule has 0 aromatic heterocycles. The molecule has 0 aliphatic heterocycles. The van der Waals surface area contributed by atoms with Crippen molar-refractivity contribution in [3.8, 4) is 0 Å². The summed E-state index contributed by atoms with van der Waals surface area (Å²) in [7, 11) is 0. The number of rotatable bonds is 13. The summed E-state index contributed by atoms with van der Waals surface area (Å²) in [6.45, 7) is 2.19. The van der Waals surface area contributed by atoms with Crippen molar-refractivity contribution in [2.75, 3.05) is 0 Å². The quantitative estimate of drug-likeness (QED) is 0.348. The lowest BCUT2D eigenvalue weighted by Gasteiger charge is -1.96. The lowest BCUT2D eigenvalue weighted by Crippen LogP contribution is -1.93. The highest BCUT2D eigenvalue weighted by atomic mass is 16.4. The van der Waals surface area contributed by atoms with Gasteiger partial charge >= 0.3 is 5.97 Å². The van der Waals surface area contributed by atoms with Crippen LogP contribution in [-0.4, -0.2) is 11.1 Å². The van der Waals surface area contributed by atoms with Gasteiger partial charge in [-0.3, -0.25) is 4.79 Å². The van der Waals surface area contributed by atoms with Gasteiger partial charge in [0.15, 0.2) is 0 Å². The lowest BCUT2D eigenvalue weighted by atomic mass is 10.1. The van der Waals surface area contributed by atoms with Gasteiger partial charge in [-0.1, -0.05) is 62.6 Å². The maximum Gasteiger partial charge on any atom is 0.303 e. The highest BCUT2D eigenvalue weighted by Crippen LogP contribution is 2.06. The summed E-state index contributed by atoms with van der Waals surface area (Å²) in [6, 6.07) is 0. The number of allylic oxidation sites excluding steroid dienone is 6. The Morgan fingerprint density at radius 1 is 0.800 bits per heavy atom. The maximum atomic E-state index is 10.3. The van der Waals surface area contributed by atoms with Crippen LogP contribution in [0.4, 0.5) is 0 Å². The molecule has 0 aliphatic rings. The monoisotopic (exact) mass is 278 g/mol. The number of unbranched alkanes of at least 4 members (excludes halogenated alkanes) is 5. The molecule has 0 aromatic rings. The highest BCUT2D eigenvalue weighted by Gasteiger charge is 1.95. The van der Waals surface area contributed by atoms with Crippen LogP contribution in [-0.2, 0) is 4.79 Å². The molecule has 0 spiro atoms. The average molecular weight is 278 g/mol. The fraction of sp³-hybridized carbons (Fsp3) is 0.611. The van der Waals surface area contributed by atoms with Gasteiger partial charge in [0, 0.05) is 6.42 Å². The maximum absolute atomic E-state index is 10.3. The van der Waals surface area contributed by atoms with Crippen LogP contribution in [0.5, 0.6) is 0 Å². The standard InChI is InChI=1S/C18H30O2/c1-2-3-4-5-6-7-8-9-10-11-12-13-14-15-16-17-18(19)20/h4-5,7-8,10-11H,2-3,6,9,12-17H2,1H3,(H,19,20). The molecular formula is C18H30O2. The largest absolute Gasteiger partial charge is 0.481 e. The van der Waals surface area contributed by atoms with Crippen LogP contribution in [0.1, 0.15) is 71.1 Å². The fourth-order valence-corrected chi connectivity index (χ4v) is 1.84. The van der Waals surface area contributed by atoms with E-state index in [2.05, 4.69) is 43.4 Å². The van der Waals surface area contributed by atoms with Gasteiger partial charge in [-0.05, 0) is 38.5 Å². The first-order valence-electron chi connectivity index (χ1n) is 7.94. The Morgan fingerprint density at radius 3 is 1.95 bits per heavy atom. The van der Waals surface area contributed by atoms with E-state index < -0.39 is 5.97 Å². The van der Waals surface area contributed by atoms with E-state index in [9.17, 15) is 4.79 Å². The fourth-order valence-electron chi connectivity index (χ4n) is 1.84. The van der Waals surface area contributed by atoms with Gasteiger partial charge in [0.1, 0.15) is 0 Å². The number of hydrogen-bond acceptors (Lipinski definition) is 1. The van der Waals surface area contributed by atoms with Crippen LogP contribution in [0.15, 0.2) is 36.5 Å². The van der Waals surface area contributed by atoms with Gasteiger partial charge in [-0.15, -0.1) is 0 Å². The van der Waals surface area contributed by atoms with Crippen molar-refractivity contribution < 1.29 is 9.90 Å². The zero-order chi connectivity index (χ0) is 14.9. The van der Waals surface area contributed by atoms with E-state index in [-0.39, 0.29) is 0 Å². The van der Waals surface area contributed by atoms with E-state index in [0.29, 0.717) is 6.42 Å². The second kappa shape index (κ2) is 15.7. The second-order valence-corrected chi connectivity index (χ2v) is 5.02. The Balaban J connectivity index is 3.27. The minimum atomic E-state index is -0.679. The molecule has 0 saturated carbocycles. The topological polar surface area (TPSA) is 37.3 Å². The molecular weight excluding hydrogens is 248 g/mol. The summed E-state index contributed by atoms with van der Waals surface area (Å²) in [5, 5.41) is 8.50. The van der Waals surface area contributed by atoms with E-state index in [1.807, 2.05) is 0 Å². The second-order valence-electron chi connectivity index (χ2n) is 5.02. The molecule has 2 heteroatoms. The third-order valence-corrected chi connectivity index (χ3v) is 3.01. The SMILES string of the molecule is CCCC=CCC=CCC=CCCCCCCC(=O)O. The van der Waals surface area contributed by atoms with Gasteiger partial charge in [0.2, 0.25) is 0 Å². The number of carboxylic acid groups (broad SMARTS) is 1. The molecule has 114 valence electrons. The van der Waals surface area contributed by atoms with Gasteiger partial charge in [0.25, 0.3) is 0 Å². The number of carbonyl (C=O) groups is 1. The zero-order valence-corrected chi connectivity index (χ0v) is 12.9. The minimum Gasteiger partial charge on any atom is -0.481 e. The summed E-state index contributed by atoms with van der Waals surface area (Å²) in [5.74, 6) is -0.679. The predicted molar refractivity (Wildman–Crippen MR) is 86.9 cm³/mol. The molecule has 0 radical (unpaired) electrons. The van der Waals surface area contributed by atoms with Crippen molar-refractivity contribution in [3.63, 3.8) is 0 Å². The van der Waals surface area contributed by atoms with E-state index in [0.717, 1.165) is 38.5 Å². The molecule has 0 unspecified atom stereocenters. The van der Waals surface area contributed by atoms with Crippen LogP contribution in [0, 0.1) is 0 Å². The first-order valence-corrected chi connectivity index (χ1v) is 7.94. The van der Waals surface area contributed by atoms with Crippen molar-refractivity contribution in [1.29, 1.82) is 0 Å².